The van der Waals surface area contributed by atoms with Gasteiger partial charge in [0.2, 0.25) is 11.8 Å². The first-order chi connectivity index (χ1) is 21.5. The number of hydrogen-bond acceptors (Lipinski definition) is 8. The van der Waals surface area contributed by atoms with Gasteiger partial charge < -0.3 is 35.7 Å². The summed E-state index contributed by atoms with van der Waals surface area (Å²) in [5, 5.41) is 21.1. The van der Waals surface area contributed by atoms with E-state index in [9.17, 15) is 19.5 Å². The maximum Gasteiger partial charge on any atom is 0.318 e. The van der Waals surface area contributed by atoms with Crippen molar-refractivity contribution in [2.24, 2.45) is 0 Å². The van der Waals surface area contributed by atoms with Crippen LogP contribution in [0.5, 0.6) is 0 Å². The van der Waals surface area contributed by atoms with Gasteiger partial charge in [0.15, 0.2) is 5.58 Å². The number of oxazole rings is 1. The molecule has 12 heteroatoms. The molecule has 1 aliphatic rings. The van der Waals surface area contributed by atoms with Crippen LogP contribution in [0.25, 0.3) is 22.6 Å². The predicted molar refractivity (Wildman–Crippen MR) is 176 cm³/mol. The molecule has 11 nitrogen and oxygen atoms in total. The highest BCUT2D eigenvalue weighted by molar-refractivity contribution is 7.99. The molecule has 45 heavy (non-hydrogen) atoms. The van der Waals surface area contributed by atoms with Crippen LogP contribution >= 0.6 is 11.8 Å². The number of amides is 4. The average Bonchev–Trinajstić information content (AvgIpc) is 3.39. The maximum atomic E-state index is 14.0. The number of para-hydroxylation sites is 2. The second-order valence-electron chi connectivity index (χ2n) is 11.7. The van der Waals surface area contributed by atoms with Gasteiger partial charge in [-0.1, -0.05) is 30.3 Å². The van der Waals surface area contributed by atoms with Gasteiger partial charge in [0.25, 0.3) is 5.91 Å². The van der Waals surface area contributed by atoms with Crippen LogP contribution in [0.15, 0.2) is 76.0 Å². The molecule has 0 bridgehead atoms. The van der Waals surface area contributed by atoms with E-state index in [1.165, 1.54) is 11.8 Å². The van der Waals surface area contributed by atoms with Crippen molar-refractivity contribution in [2.75, 3.05) is 29.6 Å². The number of aromatic nitrogens is 1. The number of benzene rings is 3. The quantitative estimate of drug-likeness (QED) is 0.172. The molecule has 0 spiro atoms. The highest BCUT2D eigenvalue weighted by Gasteiger charge is 2.33. The Morgan fingerprint density at radius 2 is 1.89 bits per heavy atom. The molecule has 3 aromatic carbocycles. The minimum Gasteiger partial charge on any atom is -0.436 e. The van der Waals surface area contributed by atoms with Crippen LogP contribution in [0.2, 0.25) is 0 Å². The summed E-state index contributed by atoms with van der Waals surface area (Å²) < 4.78 is 6.05. The monoisotopic (exact) mass is 630 g/mol. The Hall–Kier alpha value is -4.39. The molecule has 4 amide bonds. The number of fused-ring (bicyclic) bond motifs is 2. The Balaban J connectivity index is 1.38. The van der Waals surface area contributed by atoms with Gasteiger partial charge in [0.1, 0.15) is 11.6 Å². The molecule has 5 rings (SSSR count). The first-order valence-corrected chi connectivity index (χ1v) is 15.7. The molecule has 2 heterocycles. The van der Waals surface area contributed by atoms with Gasteiger partial charge in [-0.15, -0.1) is 11.8 Å². The number of nitrogens with zero attached hydrogens (tertiary/aromatic N) is 2. The predicted octanol–water partition coefficient (Wildman–Crippen LogP) is 4.51. The van der Waals surface area contributed by atoms with Gasteiger partial charge in [-0.3, -0.25) is 9.59 Å². The molecule has 0 unspecified atom stereocenters. The second kappa shape index (κ2) is 13.7. The first kappa shape index (κ1) is 32.0. The second-order valence-corrected chi connectivity index (χ2v) is 12.7. The Morgan fingerprint density at radius 1 is 1.13 bits per heavy atom. The number of aliphatic hydroxyl groups excluding tert-OH is 1. The number of aliphatic hydroxyl groups is 1. The van der Waals surface area contributed by atoms with Crippen molar-refractivity contribution in [3.05, 3.63) is 72.3 Å². The van der Waals surface area contributed by atoms with Crippen LogP contribution in [0.3, 0.4) is 0 Å². The van der Waals surface area contributed by atoms with Crippen LogP contribution in [0.1, 0.15) is 32.8 Å². The fourth-order valence-electron chi connectivity index (χ4n) is 5.09. The molecule has 0 saturated heterocycles. The van der Waals surface area contributed by atoms with Crippen molar-refractivity contribution in [1.29, 1.82) is 0 Å². The van der Waals surface area contributed by atoms with Gasteiger partial charge >= 0.3 is 6.03 Å². The first-order valence-electron chi connectivity index (χ1n) is 14.8. The number of rotatable bonds is 10. The Bertz CT molecular complexity index is 1700. The normalized spacial score (nSPS) is 15.7. The van der Waals surface area contributed by atoms with E-state index in [0.29, 0.717) is 40.5 Å². The third kappa shape index (κ3) is 7.83. The highest BCUT2D eigenvalue weighted by Crippen LogP contribution is 2.36. The van der Waals surface area contributed by atoms with E-state index in [4.69, 9.17) is 9.40 Å². The van der Waals surface area contributed by atoms with Crippen LogP contribution in [-0.4, -0.2) is 65.0 Å². The zero-order valence-electron chi connectivity index (χ0n) is 25.7. The average molecular weight is 631 g/mol. The molecule has 0 radical (unpaired) electrons. The number of carbonyl (C=O) groups excluding carboxylic acids is 3. The van der Waals surface area contributed by atoms with Gasteiger partial charge in [-0.25, -0.2) is 9.78 Å². The van der Waals surface area contributed by atoms with Crippen LogP contribution in [0, 0.1) is 0 Å². The Kier molecular flexibility index (Phi) is 9.76. The number of hydrogen-bond donors (Lipinski definition) is 5. The lowest BCUT2D eigenvalue weighted by atomic mass is 9.99. The van der Waals surface area contributed by atoms with Crippen molar-refractivity contribution in [3.63, 3.8) is 0 Å². The Morgan fingerprint density at radius 3 is 2.67 bits per heavy atom. The summed E-state index contributed by atoms with van der Waals surface area (Å²) >= 11 is 1.53. The van der Waals surface area contributed by atoms with Crippen molar-refractivity contribution >= 4 is 52.1 Å². The number of nitrogens with one attached hydrogen (secondary N) is 4. The summed E-state index contributed by atoms with van der Waals surface area (Å²) in [5.41, 5.74) is 3.42. The van der Waals surface area contributed by atoms with Crippen LogP contribution in [-0.2, 0) is 16.1 Å². The molecule has 0 fully saturated rings. The third-order valence-corrected chi connectivity index (χ3v) is 8.52. The van der Waals surface area contributed by atoms with Crippen molar-refractivity contribution in [3.8, 4) is 11.5 Å². The largest absolute Gasteiger partial charge is 0.436 e. The van der Waals surface area contributed by atoms with Crippen LogP contribution < -0.4 is 26.2 Å². The molecule has 5 N–H and O–H groups in total. The lowest BCUT2D eigenvalue weighted by molar-refractivity contribution is -0.127. The van der Waals surface area contributed by atoms with Gasteiger partial charge in [0, 0.05) is 36.2 Å². The third-order valence-electron chi connectivity index (χ3n) is 7.36. The molecular weight excluding hydrogens is 592 g/mol. The minimum atomic E-state index is -0.728. The van der Waals surface area contributed by atoms with Gasteiger partial charge in [0.05, 0.1) is 29.6 Å². The van der Waals surface area contributed by atoms with Gasteiger partial charge in [-0.2, -0.15) is 0 Å². The standard InChI is InChI=1S/C33H38N6O5S/c1-20(40)17-35-33(2,3)16-29(41)36-25-19-45-28-12-8-7-11-26(28)39(31(25)42)18-21-13-14-27-24(15-21)37-30(44-27)22-9-5-6-10-23(22)38-32(43)34-4/h5-15,20,25,35,40H,16-19H2,1-4H3,(H,36,41)(H2,34,38,43)/t20-,25-/m1/s1. The summed E-state index contributed by atoms with van der Waals surface area (Å²) in [6.07, 6.45) is -0.391. The summed E-state index contributed by atoms with van der Waals surface area (Å²) in [7, 11) is 1.54. The maximum absolute atomic E-state index is 14.0. The van der Waals surface area contributed by atoms with E-state index in [0.717, 1.165) is 16.1 Å². The van der Waals surface area contributed by atoms with Crippen molar-refractivity contribution in [1.82, 2.24) is 20.9 Å². The minimum absolute atomic E-state index is 0.147. The lowest BCUT2D eigenvalue weighted by Crippen LogP contribution is -2.52. The lowest BCUT2D eigenvalue weighted by Gasteiger charge is -2.29. The summed E-state index contributed by atoms with van der Waals surface area (Å²) in [5.74, 6) is 0.307. The van der Waals surface area contributed by atoms with Crippen molar-refractivity contribution in [2.45, 2.75) is 56.3 Å². The molecule has 1 aromatic heterocycles. The molecule has 2 atom stereocenters. The number of β-amino-alcohol motifs (C(OH)–C–C–N with tert-alkyl or cyclic N) is 1. The molecule has 0 aliphatic carbocycles. The van der Waals surface area contributed by atoms with E-state index < -0.39 is 17.7 Å². The SMILES string of the molecule is CNC(=O)Nc1ccccc1-c1nc2cc(CN3C(=O)[C@H](NC(=O)CC(C)(C)NC[C@@H](C)O)CSc4ccccc43)ccc2o1. The molecule has 236 valence electrons. The fraction of sp³-hybridized carbons (Fsp3) is 0.333. The van der Waals surface area contributed by atoms with E-state index >= 15 is 0 Å². The molecular formula is C33H38N6O5S. The van der Waals surface area contributed by atoms with Crippen molar-refractivity contribution < 1.29 is 23.9 Å². The molecule has 4 aromatic rings. The molecule has 1 aliphatic heterocycles. The van der Waals surface area contributed by atoms with E-state index in [-0.39, 0.29) is 30.8 Å². The highest BCUT2D eigenvalue weighted by atomic mass is 32.2. The summed E-state index contributed by atoms with van der Waals surface area (Å²) in [6, 6.07) is 19.5. The fourth-order valence-corrected chi connectivity index (χ4v) is 6.16. The zero-order valence-corrected chi connectivity index (χ0v) is 26.5. The summed E-state index contributed by atoms with van der Waals surface area (Å²) in [6.45, 7) is 6.09. The molecule has 0 saturated carbocycles. The zero-order chi connectivity index (χ0) is 32.1. The number of urea groups is 1. The topological polar surface area (TPSA) is 149 Å². The van der Waals surface area contributed by atoms with E-state index in [1.54, 1.807) is 24.9 Å². The van der Waals surface area contributed by atoms with E-state index in [1.807, 2.05) is 74.5 Å². The van der Waals surface area contributed by atoms with Gasteiger partial charge in [-0.05, 0) is 62.7 Å². The summed E-state index contributed by atoms with van der Waals surface area (Å²) in [4.78, 5) is 46.4. The smallest absolute Gasteiger partial charge is 0.318 e. The Labute approximate surface area is 266 Å². The van der Waals surface area contributed by atoms with Crippen LogP contribution in [0.4, 0.5) is 16.2 Å². The van der Waals surface area contributed by atoms with E-state index in [2.05, 4.69) is 21.3 Å². The number of anilines is 2. The number of thioether (sulfide) groups is 1. The number of carbonyl (C=O) groups is 3.